The van der Waals surface area contributed by atoms with Crippen LogP contribution in [0.4, 0.5) is 5.69 Å². The Balaban J connectivity index is 1.49. The van der Waals surface area contributed by atoms with Crippen LogP contribution in [0.1, 0.15) is 25.7 Å². The van der Waals surface area contributed by atoms with Crippen molar-refractivity contribution in [2.24, 2.45) is 5.92 Å². The fraction of sp³-hybridized carbons (Fsp3) is 0.611. The van der Waals surface area contributed by atoms with Gasteiger partial charge in [0.15, 0.2) is 0 Å². The van der Waals surface area contributed by atoms with Gasteiger partial charge in [0.05, 0.1) is 0 Å². The average molecular weight is 318 g/mol. The number of ether oxygens (including phenoxy) is 2. The molecule has 0 spiro atoms. The maximum atomic E-state index is 12.2. The third-order valence-electron chi connectivity index (χ3n) is 4.68. The second-order valence-electron chi connectivity index (χ2n) is 6.52. The van der Waals surface area contributed by atoms with Crippen molar-refractivity contribution in [2.75, 3.05) is 38.7 Å². The highest BCUT2D eigenvalue weighted by molar-refractivity contribution is 5.92. The van der Waals surface area contributed by atoms with Crippen LogP contribution in [-0.4, -0.2) is 50.3 Å². The molecular formula is C18H26N2O3. The van der Waals surface area contributed by atoms with Crippen LogP contribution in [0.5, 0.6) is 5.75 Å². The molecule has 5 heteroatoms. The first-order valence-corrected chi connectivity index (χ1v) is 8.54. The highest BCUT2D eigenvalue weighted by Gasteiger charge is 2.21. The molecular weight excluding hydrogens is 292 g/mol. The molecule has 1 N–H and O–H groups in total. The number of rotatable bonds is 4. The van der Waals surface area contributed by atoms with Crippen molar-refractivity contribution < 1.29 is 14.3 Å². The van der Waals surface area contributed by atoms with Gasteiger partial charge in [0.1, 0.15) is 11.9 Å². The molecule has 1 amide bonds. The number of anilines is 1. The van der Waals surface area contributed by atoms with E-state index in [0.29, 0.717) is 19.3 Å². The molecule has 0 radical (unpaired) electrons. The fourth-order valence-corrected chi connectivity index (χ4v) is 3.12. The van der Waals surface area contributed by atoms with Gasteiger partial charge in [-0.3, -0.25) is 4.79 Å². The Morgan fingerprint density at radius 2 is 1.78 bits per heavy atom. The van der Waals surface area contributed by atoms with Gasteiger partial charge in [0.2, 0.25) is 5.91 Å². The molecule has 5 nitrogen and oxygen atoms in total. The SMILES string of the molecule is CN1CCC(Oc2ccc(NC(=O)C3CCOCC3)cc2)CC1. The Morgan fingerprint density at radius 3 is 2.43 bits per heavy atom. The maximum absolute atomic E-state index is 12.2. The minimum Gasteiger partial charge on any atom is -0.490 e. The van der Waals surface area contributed by atoms with Gasteiger partial charge in [-0.1, -0.05) is 0 Å². The highest BCUT2D eigenvalue weighted by atomic mass is 16.5. The summed E-state index contributed by atoms with van der Waals surface area (Å²) in [5.74, 6) is 1.04. The summed E-state index contributed by atoms with van der Waals surface area (Å²) in [4.78, 5) is 14.5. The van der Waals surface area contributed by atoms with Gasteiger partial charge >= 0.3 is 0 Å². The number of likely N-dealkylation sites (tertiary alicyclic amines) is 1. The van der Waals surface area contributed by atoms with Crippen molar-refractivity contribution in [3.05, 3.63) is 24.3 Å². The molecule has 0 bridgehead atoms. The van der Waals surface area contributed by atoms with E-state index >= 15 is 0 Å². The van der Waals surface area contributed by atoms with Crippen LogP contribution < -0.4 is 10.1 Å². The van der Waals surface area contributed by atoms with E-state index in [1.54, 1.807) is 0 Å². The Kier molecular flexibility index (Phi) is 5.51. The summed E-state index contributed by atoms with van der Waals surface area (Å²) in [6, 6.07) is 7.72. The molecule has 0 saturated carbocycles. The summed E-state index contributed by atoms with van der Waals surface area (Å²) in [6.45, 7) is 3.54. The summed E-state index contributed by atoms with van der Waals surface area (Å²) in [5, 5.41) is 2.99. The summed E-state index contributed by atoms with van der Waals surface area (Å²) in [5.41, 5.74) is 0.831. The lowest BCUT2D eigenvalue weighted by molar-refractivity contribution is -0.122. The Hall–Kier alpha value is -1.59. The molecule has 2 aliphatic rings. The lowest BCUT2D eigenvalue weighted by Gasteiger charge is -2.29. The van der Waals surface area contributed by atoms with Gasteiger partial charge in [0.25, 0.3) is 0 Å². The monoisotopic (exact) mass is 318 g/mol. The molecule has 2 aliphatic heterocycles. The number of benzene rings is 1. The van der Waals surface area contributed by atoms with Crippen LogP contribution in [0.2, 0.25) is 0 Å². The van der Waals surface area contributed by atoms with E-state index in [1.807, 2.05) is 24.3 Å². The quantitative estimate of drug-likeness (QED) is 0.927. The molecule has 2 heterocycles. The maximum Gasteiger partial charge on any atom is 0.227 e. The lowest BCUT2D eigenvalue weighted by Crippen LogP contribution is -2.35. The lowest BCUT2D eigenvalue weighted by atomic mass is 9.99. The van der Waals surface area contributed by atoms with E-state index in [0.717, 1.165) is 50.2 Å². The van der Waals surface area contributed by atoms with E-state index in [2.05, 4.69) is 17.3 Å². The predicted octanol–water partition coefficient (Wildman–Crippen LogP) is 2.52. The molecule has 0 aliphatic carbocycles. The molecule has 3 rings (SSSR count). The molecule has 1 aromatic carbocycles. The van der Waals surface area contributed by atoms with Gasteiger partial charge in [-0.15, -0.1) is 0 Å². The molecule has 23 heavy (non-hydrogen) atoms. The minimum atomic E-state index is 0.0684. The first-order chi connectivity index (χ1) is 11.2. The second kappa shape index (κ2) is 7.79. The van der Waals surface area contributed by atoms with Crippen molar-refractivity contribution in [3.8, 4) is 5.75 Å². The minimum absolute atomic E-state index is 0.0684. The van der Waals surface area contributed by atoms with E-state index in [9.17, 15) is 4.79 Å². The number of hydrogen-bond donors (Lipinski definition) is 1. The van der Waals surface area contributed by atoms with E-state index < -0.39 is 0 Å². The summed E-state index contributed by atoms with van der Waals surface area (Å²) < 4.78 is 11.3. The van der Waals surface area contributed by atoms with Gasteiger partial charge < -0.3 is 19.7 Å². The zero-order valence-corrected chi connectivity index (χ0v) is 13.8. The Morgan fingerprint density at radius 1 is 1.13 bits per heavy atom. The Bertz CT molecular complexity index is 504. The second-order valence-corrected chi connectivity index (χ2v) is 6.52. The summed E-state index contributed by atoms with van der Waals surface area (Å²) in [7, 11) is 2.14. The fourth-order valence-electron chi connectivity index (χ4n) is 3.12. The van der Waals surface area contributed by atoms with Crippen molar-refractivity contribution in [3.63, 3.8) is 0 Å². The van der Waals surface area contributed by atoms with Crippen molar-refractivity contribution in [1.29, 1.82) is 0 Å². The summed E-state index contributed by atoms with van der Waals surface area (Å²) in [6.07, 6.45) is 4.05. The number of hydrogen-bond acceptors (Lipinski definition) is 4. The zero-order chi connectivity index (χ0) is 16.1. The van der Waals surface area contributed by atoms with Crippen LogP contribution in [-0.2, 0) is 9.53 Å². The molecule has 126 valence electrons. The van der Waals surface area contributed by atoms with E-state index in [4.69, 9.17) is 9.47 Å². The van der Waals surface area contributed by atoms with Gasteiger partial charge in [0, 0.05) is 37.9 Å². The number of nitrogens with zero attached hydrogens (tertiary/aromatic N) is 1. The predicted molar refractivity (Wildman–Crippen MR) is 89.8 cm³/mol. The van der Waals surface area contributed by atoms with Gasteiger partial charge in [-0.25, -0.2) is 0 Å². The van der Waals surface area contributed by atoms with E-state index in [-0.39, 0.29) is 11.8 Å². The first-order valence-electron chi connectivity index (χ1n) is 8.54. The van der Waals surface area contributed by atoms with Crippen LogP contribution >= 0.6 is 0 Å². The van der Waals surface area contributed by atoms with Crippen LogP contribution in [0.25, 0.3) is 0 Å². The number of amides is 1. The molecule has 2 saturated heterocycles. The van der Waals surface area contributed by atoms with Crippen LogP contribution in [0, 0.1) is 5.92 Å². The van der Waals surface area contributed by atoms with Crippen molar-refractivity contribution in [2.45, 2.75) is 31.8 Å². The smallest absolute Gasteiger partial charge is 0.227 e. The standard InChI is InChI=1S/C18H26N2O3/c1-20-10-6-17(7-11-20)23-16-4-2-15(3-5-16)19-18(21)14-8-12-22-13-9-14/h2-5,14,17H,6-13H2,1H3,(H,19,21). The highest BCUT2D eigenvalue weighted by Crippen LogP contribution is 2.22. The third kappa shape index (κ3) is 4.69. The Labute approximate surface area is 137 Å². The molecule has 0 aromatic heterocycles. The average Bonchev–Trinajstić information content (AvgIpc) is 2.59. The number of carbonyl (C=O) groups excluding carboxylic acids is 1. The molecule has 1 aromatic rings. The topological polar surface area (TPSA) is 50.8 Å². The molecule has 2 fully saturated rings. The third-order valence-corrected chi connectivity index (χ3v) is 4.68. The molecule has 0 atom stereocenters. The zero-order valence-electron chi connectivity index (χ0n) is 13.8. The van der Waals surface area contributed by atoms with Crippen molar-refractivity contribution >= 4 is 11.6 Å². The van der Waals surface area contributed by atoms with E-state index in [1.165, 1.54) is 0 Å². The van der Waals surface area contributed by atoms with Crippen LogP contribution in [0.3, 0.4) is 0 Å². The summed E-state index contributed by atoms with van der Waals surface area (Å²) >= 11 is 0. The van der Waals surface area contributed by atoms with Crippen LogP contribution in [0.15, 0.2) is 24.3 Å². The largest absolute Gasteiger partial charge is 0.490 e. The normalized spacial score (nSPS) is 21.1. The first kappa shape index (κ1) is 16.3. The molecule has 0 unspecified atom stereocenters. The number of nitrogens with one attached hydrogen (secondary N) is 1. The van der Waals surface area contributed by atoms with Gasteiger partial charge in [-0.2, -0.15) is 0 Å². The van der Waals surface area contributed by atoms with Crippen molar-refractivity contribution in [1.82, 2.24) is 4.90 Å². The number of piperidine rings is 1. The number of carbonyl (C=O) groups is 1. The van der Waals surface area contributed by atoms with Gasteiger partial charge in [-0.05, 0) is 57.0 Å².